The summed E-state index contributed by atoms with van der Waals surface area (Å²) in [6.07, 6.45) is 0. The first kappa shape index (κ1) is 18.2. The lowest BCUT2D eigenvalue weighted by Gasteiger charge is -2.24. The van der Waals surface area contributed by atoms with E-state index in [4.69, 9.17) is 0 Å². The molecule has 0 heterocycles. The van der Waals surface area contributed by atoms with Crippen LogP contribution in [0.1, 0.15) is 72.4 Å². The Labute approximate surface area is 130 Å². The lowest BCUT2D eigenvalue weighted by Crippen LogP contribution is -2.40. The Morgan fingerprint density at radius 2 is 1.48 bits per heavy atom. The highest BCUT2D eigenvalue weighted by Gasteiger charge is 2.25. The van der Waals surface area contributed by atoms with Gasteiger partial charge < -0.3 is 0 Å². The predicted octanol–water partition coefficient (Wildman–Crippen LogP) is 4.18. The van der Waals surface area contributed by atoms with Crippen LogP contribution in [0, 0.1) is 0 Å². The summed E-state index contributed by atoms with van der Waals surface area (Å²) in [6.45, 7) is 16.0. The molecule has 0 atom stereocenters. The first-order chi connectivity index (χ1) is 9.22. The molecule has 3 nitrogen and oxygen atoms in total. The SMILES string of the molecule is CC(C)c1cc(C(C)(C)C)cc(S(=O)(=O)NC(C)(C)C)c1. The third kappa shape index (κ3) is 5.11. The molecule has 0 aliphatic rings. The lowest BCUT2D eigenvalue weighted by molar-refractivity contribution is 0.491. The van der Waals surface area contributed by atoms with Crippen molar-refractivity contribution in [2.45, 2.75) is 77.2 Å². The van der Waals surface area contributed by atoms with E-state index in [0.717, 1.165) is 11.1 Å². The Morgan fingerprint density at radius 3 is 1.86 bits per heavy atom. The number of hydrogen-bond acceptors (Lipinski definition) is 2. The number of nitrogens with one attached hydrogen (secondary N) is 1. The molecular weight excluding hydrogens is 282 g/mol. The third-order valence-corrected chi connectivity index (χ3v) is 4.95. The average Bonchev–Trinajstić information content (AvgIpc) is 2.23. The fourth-order valence-corrected chi connectivity index (χ4v) is 3.50. The van der Waals surface area contributed by atoms with Crippen LogP contribution in [0.4, 0.5) is 0 Å². The highest BCUT2D eigenvalue weighted by Crippen LogP contribution is 2.29. The van der Waals surface area contributed by atoms with Gasteiger partial charge in [-0.2, -0.15) is 0 Å². The maximum absolute atomic E-state index is 12.6. The van der Waals surface area contributed by atoms with Gasteiger partial charge in [-0.05, 0) is 55.4 Å². The monoisotopic (exact) mass is 311 g/mol. The lowest BCUT2D eigenvalue weighted by atomic mass is 9.85. The van der Waals surface area contributed by atoms with Crippen LogP contribution in [0.25, 0.3) is 0 Å². The van der Waals surface area contributed by atoms with Gasteiger partial charge in [0.1, 0.15) is 0 Å². The van der Waals surface area contributed by atoms with Crippen molar-refractivity contribution >= 4 is 10.0 Å². The van der Waals surface area contributed by atoms with E-state index in [1.807, 2.05) is 20.8 Å². The van der Waals surface area contributed by atoms with Crippen molar-refractivity contribution in [3.05, 3.63) is 29.3 Å². The largest absolute Gasteiger partial charge is 0.241 e. The van der Waals surface area contributed by atoms with E-state index in [-0.39, 0.29) is 11.3 Å². The topological polar surface area (TPSA) is 46.2 Å². The molecule has 0 saturated carbocycles. The summed E-state index contributed by atoms with van der Waals surface area (Å²) in [5.41, 5.74) is 1.52. The number of sulfonamides is 1. The van der Waals surface area contributed by atoms with E-state index in [2.05, 4.69) is 45.4 Å². The van der Waals surface area contributed by atoms with Crippen LogP contribution in [0.15, 0.2) is 23.1 Å². The van der Waals surface area contributed by atoms with E-state index in [1.54, 1.807) is 12.1 Å². The van der Waals surface area contributed by atoms with Gasteiger partial charge in [-0.1, -0.05) is 40.7 Å². The zero-order chi connectivity index (χ0) is 16.6. The van der Waals surface area contributed by atoms with Crippen molar-refractivity contribution in [3.8, 4) is 0 Å². The van der Waals surface area contributed by atoms with Crippen molar-refractivity contribution in [2.75, 3.05) is 0 Å². The van der Waals surface area contributed by atoms with E-state index < -0.39 is 15.6 Å². The van der Waals surface area contributed by atoms with Crippen LogP contribution in [0.5, 0.6) is 0 Å². The van der Waals surface area contributed by atoms with Crippen molar-refractivity contribution < 1.29 is 8.42 Å². The van der Waals surface area contributed by atoms with Gasteiger partial charge in [-0.3, -0.25) is 0 Å². The summed E-state index contributed by atoms with van der Waals surface area (Å²) in [4.78, 5) is 0.355. The van der Waals surface area contributed by atoms with Crippen LogP contribution >= 0.6 is 0 Å². The standard InChI is InChI=1S/C17H29NO2S/c1-12(2)13-9-14(16(3,4)5)11-15(10-13)21(19,20)18-17(6,7)8/h9-12,18H,1-8H3. The van der Waals surface area contributed by atoms with Gasteiger partial charge in [-0.25, -0.2) is 13.1 Å². The van der Waals surface area contributed by atoms with Gasteiger partial charge in [-0.15, -0.1) is 0 Å². The normalized spacial score (nSPS) is 13.8. The van der Waals surface area contributed by atoms with E-state index in [1.165, 1.54) is 0 Å². The molecule has 0 aliphatic carbocycles. The van der Waals surface area contributed by atoms with Crippen LogP contribution in [-0.4, -0.2) is 14.0 Å². The number of benzene rings is 1. The fourth-order valence-electron chi connectivity index (χ4n) is 2.01. The summed E-state index contributed by atoms with van der Waals surface area (Å²) in [7, 11) is -3.51. The molecule has 0 amide bonds. The molecule has 0 fully saturated rings. The first-order valence-corrected chi connectivity index (χ1v) is 8.90. The van der Waals surface area contributed by atoms with Gasteiger partial charge in [0.25, 0.3) is 0 Å². The number of hydrogen-bond donors (Lipinski definition) is 1. The predicted molar refractivity (Wildman–Crippen MR) is 89.3 cm³/mol. The van der Waals surface area contributed by atoms with E-state index >= 15 is 0 Å². The van der Waals surface area contributed by atoms with Crippen molar-refractivity contribution in [1.29, 1.82) is 0 Å². The van der Waals surface area contributed by atoms with Crippen molar-refractivity contribution in [2.24, 2.45) is 0 Å². The zero-order valence-corrected chi connectivity index (χ0v) is 15.4. The Morgan fingerprint density at radius 1 is 0.952 bits per heavy atom. The van der Waals surface area contributed by atoms with E-state index in [9.17, 15) is 8.42 Å². The molecule has 1 aromatic rings. The molecule has 21 heavy (non-hydrogen) atoms. The van der Waals surface area contributed by atoms with Gasteiger partial charge in [0, 0.05) is 5.54 Å². The highest BCUT2D eigenvalue weighted by molar-refractivity contribution is 7.89. The Kier molecular flexibility index (Phi) is 4.96. The summed E-state index contributed by atoms with van der Waals surface area (Å²) in [6, 6.07) is 5.69. The summed E-state index contributed by atoms with van der Waals surface area (Å²) >= 11 is 0. The molecule has 0 spiro atoms. The second-order valence-corrected chi connectivity index (χ2v) is 9.73. The molecule has 1 rings (SSSR count). The van der Waals surface area contributed by atoms with Gasteiger partial charge in [0.2, 0.25) is 10.0 Å². The second-order valence-electron chi connectivity index (χ2n) is 8.05. The van der Waals surface area contributed by atoms with Crippen molar-refractivity contribution in [1.82, 2.24) is 4.72 Å². The molecule has 0 saturated heterocycles. The molecule has 120 valence electrons. The maximum Gasteiger partial charge on any atom is 0.241 e. The molecule has 0 aromatic heterocycles. The van der Waals surface area contributed by atoms with Gasteiger partial charge in [0.05, 0.1) is 4.90 Å². The summed E-state index contributed by atoms with van der Waals surface area (Å²) in [5.74, 6) is 0.288. The maximum atomic E-state index is 12.6. The molecular formula is C17H29NO2S. The van der Waals surface area contributed by atoms with Gasteiger partial charge >= 0.3 is 0 Å². The molecule has 0 unspecified atom stereocenters. The molecule has 0 aliphatic heterocycles. The molecule has 1 aromatic carbocycles. The average molecular weight is 311 g/mol. The highest BCUT2D eigenvalue weighted by atomic mass is 32.2. The van der Waals surface area contributed by atoms with Gasteiger partial charge in [0.15, 0.2) is 0 Å². The second kappa shape index (κ2) is 5.73. The minimum atomic E-state index is -3.51. The van der Waals surface area contributed by atoms with Crippen LogP contribution < -0.4 is 4.72 Å². The summed E-state index contributed by atoms with van der Waals surface area (Å²) < 4.78 is 27.9. The number of rotatable bonds is 3. The minimum Gasteiger partial charge on any atom is -0.207 e. The molecule has 4 heteroatoms. The smallest absolute Gasteiger partial charge is 0.207 e. The van der Waals surface area contributed by atoms with E-state index in [0.29, 0.717) is 4.90 Å². The Bertz CT molecular complexity index is 603. The van der Waals surface area contributed by atoms with Crippen LogP contribution in [0.3, 0.4) is 0 Å². The Hall–Kier alpha value is -0.870. The molecule has 0 bridgehead atoms. The summed E-state index contributed by atoms with van der Waals surface area (Å²) in [5, 5.41) is 0. The Balaban J connectivity index is 3.46. The minimum absolute atomic E-state index is 0.0864. The molecule has 1 N–H and O–H groups in total. The first-order valence-electron chi connectivity index (χ1n) is 7.42. The fraction of sp³-hybridized carbons (Fsp3) is 0.647. The molecule has 0 radical (unpaired) electrons. The van der Waals surface area contributed by atoms with Crippen molar-refractivity contribution in [3.63, 3.8) is 0 Å². The zero-order valence-electron chi connectivity index (χ0n) is 14.5. The quantitative estimate of drug-likeness (QED) is 0.910. The van der Waals surface area contributed by atoms with Crippen LogP contribution in [0.2, 0.25) is 0 Å². The van der Waals surface area contributed by atoms with Crippen LogP contribution in [-0.2, 0) is 15.4 Å². The third-order valence-electron chi connectivity index (χ3n) is 3.21.